The summed E-state index contributed by atoms with van der Waals surface area (Å²) in [4.78, 5) is 18.5. The SMILES string of the molecule is CC(C)(C)OC(=O)[C@@H]1C[C@@H]([C@H]2COC(C)(C)O2)N(Cc2ccccc2)O1. The average Bonchev–Trinajstić information content (AvgIpc) is 3.10. The number of carbonyl (C=O) groups is 1. The van der Waals surface area contributed by atoms with Crippen LogP contribution in [0.4, 0.5) is 0 Å². The van der Waals surface area contributed by atoms with Gasteiger partial charge in [-0.05, 0) is 40.2 Å². The van der Waals surface area contributed by atoms with E-state index in [1.54, 1.807) is 0 Å². The second-order valence-electron chi connectivity index (χ2n) is 8.36. The normalized spacial score (nSPS) is 29.0. The van der Waals surface area contributed by atoms with Crippen LogP contribution in [0.15, 0.2) is 30.3 Å². The molecule has 144 valence electrons. The van der Waals surface area contributed by atoms with E-state index in [1.807, 2.05) is 70.0 Å². The molecule has 1 aromatic carbocycles. The van der Waals surface area contributed by atoms with E-state index < -0.39 is 17.5 Å². The Bertz CT molecular complexity index is 625. The van der Waals surface area contributed by atoms with E-state index in [0.717, 1.165) is 5.56 Å². The number of benzene rings is 1. The fourth-order valence-corrected chi connectivity index (χ4v) is 3.29. The van der Waals surface area contributed by atoms with E-state index in [2.05, 4.69) is 0 Å². The maximum atomic E-state index is 12.5. The molecule has 0 unspecified atom stereocenters. The van der Waals surface area contributed by atoms with Crippen molar-refractivity contribution < 1.29 is 23.8 Å². The Morgan fingerprint density at radius 2 is 1.96 bits per heavy atom. The third-order valence-electron chi connectivity index (χ3n) is 4.40. The highest BCUT2D eigenvalue weighted by molar-refractivity contribution is 5.75. The lowest BCUT2D eigenvalue weighted by Crippen LogP contribution is -2.40. The third-order valence-corrected chi connectivity index (χ3v) is 4.40. The molecular weight excluding hydrogens is 334 g/mol. The van der Waals surface area contributed by atoms with Gasteiger partial charge in [-0.1, -0.05) is 30.3 Å². The summed E-state index contributed by atoms with van der Waals surface area (Å²) in [6.07, 6.45) is -0.261. The number of ether oxygens (including phenoxy) is 3. The van der Waals surface area contributed by atoms with E-state index in [0.29, 0.717) is 19.6 Å². The lowest BCUT2D eigenvalue weighted by atomic mass is 10.0. The first-order chi connectivity index (χ1) is 12.1. The minimum Gasteiger partial charge on any atom is -0.458 e. The van der Waals surface area contributed by atoms with Crippen molar-refractivity contribution >= 4 is 5.97 Å². The fourth-order valence-electron chi connectivity index (χ4n) is 3.29. The van der Waals surface area contributed by atoms with Gasteiger partial charge in [0.05, 0.1) is 12.6 Å². The van der Waals surface area contributed by atoms with Crippen molar-refractivity contribution in [3.8, 4) is 0 Å². The van der Waals surface area contributed by atoms with Crippen molar-refractivity contribution in [3.05, 3.63) is 35.9 Å². The molecule has 0 aliphatic carbocycles. The highest BCUT2D eigenvalue weighted by Crippen LogP contribution is 2.34. The zero-order valence-electron chi connectivity index (χ0n) is 16.2. The molecule has 2 fully saturated rings. The molecule has 2 saturated heterocycles. The second-order valence-corrected chi connectivity index (χ2v) is 8.36. The van der Waals surface area contributed by atoms with Gasteiger partial charge in [0.1, 0.15) is 11.7 Å². The minimum absolute atomic E-state index is 0.0745. The van der Waals surface area contributed by atoms with Gasteiger partial charge in [-0.2, -0.15) is 5.06 Å². The molecule has 26 heavy (non-hydrogen) atoms. The van der Waals surface area contributed by atoms with Gasteiger partial charge >= 0.3 is 5.97 Å². The molecule has 3 atom stereocenters. The van der Waals surface area contributed by atoms with Crippen LogP contribution < -0.4 is 0 Å². The first-order valence-corrected chi connectivity index (χ1v) is 9.15. The van der Waals surface area contributed by atoms with Crippen LogP contribution >= 0.6 is 0 Å². The van der Waals surface area contributed by atoms with Crippen LogP contribution in [0, 0.1) is 0 Å². The molecule has 0 N–H and O–H groups in total. The number of hydroxylamine groups is 2. The van der Waals surface area contributed by atoms with Gasteiger partial charge in [-0.15, -0.1) is 0 Å². The molecule has 6 nitrogen and oxygen atoms in total. The monoisotopic (exact) mass is 363 g/mol. The van der Waals surface area contributed by atoms with E-state index in [-0.39, 0.29) is 18.1 Å². The summed E-state index contributed by atoms with van der Waals surface area (Å²) in [5.41, 5.74) is 0.568. The van der Waals surface area contributed by atoms with Gasteiger partial charge in [-0.3, -0.25) is 4.84 Å². The van der Waals surface area contributed by atoms with Crippen LogP contribution in [-0.4, -0.2) is 47.3 Å². The zero-order valence-corrected chi connectivity index (χ0v) is 16.2. The summed E-state index contributed by atoms with van der Waals surface area (Å²) >= 11 is 0. The smallest absolute Gasteiger partial charge is 0.337 e. The highest BCUT2D eigenvalue weighted by atomic mass is 16.8. The van der Waals surface area contributed by atoms with Crippen LogP contribution in [0.1, 0.15) is 46.6 Å². The number of hydrogen-bond acceptors (Lipinski definition) is 6. The van der Waals surface area contributed by atoms with Gasteiger partial charge in [0.2, 0.25) is 0 Å². The number of hydrogen-bond donors (Lipinski definition) is 0. The largest absolute Gasteiger partial charge is 0.458 e. The summed E-state index contributed by atoms with van der Waals surface area (Å²) < 4.78 is 17.3. The maximum absolute atomic E-state index is 12.5. The average molecular weight is 363 g/mol. The van der Waals surface area contributed by atoms with Crippen molar-refractivity contribution in [3.63, 3.8) is 0 Å². The lowest BCUT2D eigenvalue weighted by molar-refractivity contribution is -0.210. The topological polar surface area (TPSA) is 57.2 Å². The van der Waals surface area contributed by atoms with Gasteiger partial charge in [-0.25, -0.2) is 4.79 Å². The predicted molar refractivity (Wildman–Crippen MR) is 96.0 cm³/mol. The first-order valence-electron chi connectivity index (χ1n) is 9.15. The van der Waals surface area contributed by atoms with Crippen LogP contribution in [0.3, 0.4) is 0 Å². The molecule has 1 aromatic rings. The highest BCUT2D eigenvalue weighted by Gasteiger charge is 2.47. The molecule has 3 rings (SSSR count). The molecule has 0 bridgehead atoms. The van der Waals surface area contributed by atoms with Crippen molar-refractivity contribution in [2.45, 2.75) is 77.2 Å². The Kier molecular flexibility index (Phi) is 5.40. The maximum Gasteiger partial charge on any atom is 0.337 e. The minimum atomic E-state index is -0.629. The Balaban J connectivity index is 1.74. The molecule has 0 spiro atoms. The van der Waals surface area contributed by atoms with Gasteiger partial charge in [0.25, 0.3) is 0 Å². The van der Waals surface area contributed by atoms with E-state index in [9.17, 15) is 4.79 Å². The predicted octanol–water partition coefficient (Wildman–Crippen LogP) is 3.05. The molecule has 2 heterocycles. The van der Waals surface area contributed by atoms with E-state index in [1.165, 1.54) is 0 Å². The van der Waals surface area contributed by atoms with Crippen molar-refractivity contribution in [1.82, 2.24) is 5.06 Å². The number of rotatable bonds is 4. The molecule has 0 radical (unpaired) electrons. The van der Waals surface area contributed by atoms with Crippen molar-refractivity contribution in [1.29, 1.82) is 0 Å². The second kappa shape index (κ2) is 7.27. The fraction of sp³-hybridized carbons (Fsp3) is 0.650. The Labute approximate surface area is 155 Å². The molecule has 2 aliphatic rings. The van der Waals surface area contributed by atoms with Crippen molar-refractivity contribution in [2.75, 3.05) is 6.61 Å². The molecular formula is C20H29NO5. The molecule has 2 aliphatic heterocycles. The zero-order chi connectivity index (χ0) is 18.9. The quantitative estimate of drug-likeness (QED) is 0.767. The standard InChI is InChI=1S/C20H29NO5/c1-19(2,3)25-18(22)16-11-15(17-13-23-20(4,5)24-17)21(26-16)12-14-9-7-6-8-10-14/h6-10,15-17H,11-13H2,1-5H3/t15-,16-,17+/m0/s1. The number of nitrogens with zero attached hydrogens (tertiary/aromatic N) is 1. The summed E-state index contributed by atoms with van der Waals surface area (Å²) in [6.45, 7) is 10.4. The Hall–Kier alpha value is -1.47. The molecule has 6 heteroatoms. The lowest BCUT2D eigenvalue weighted by Gasteiger charge is -2.27. The van der Waals surface area contributed by atoms with Crippen LogP contribution in [-0.2, 0) is 30.4 Å². The first kappa shape index (κ1) is 19.3. The van der Waals surface area contributed by atoms with Crippen LogP contribution in [0.2, 0.25) is 0 Å². The summed E-state index contributed by atoms with van der Waals surface area (Å²) in [6, 6.07) is 9.96. The molecule has 0 saturated carbocycles. The van der Waals surface area contributed by atoms with Gasteiger partial charge in [0.15, 0.2) is 11.9 Å². The number of carbonyl (C=O) groups excluding carboxylic acids is 1. The summed E-state index contributed by atoms with van der Waals surface area (Å²) in [5.74, 6) is -0.955. The van der Waals surface area contributed by atoms with Gasteiger partial charge in [0, 0.05) is 13.0 Å². The Morgan fingerprint density at radius 3 is 2.54 bits per heavy atom. The van der Waals surface area contributed by atoms with E-state index >= 15 is 0 Å². The summed E-state index contributed by atoms with van der Waals surface area (Å²) in [5, 5.41) is 1.85. The molecule has 0 aromatic heterocycles. The summed E-state index contributed by atoms with van der Waals surface area (Å²) in [7, 11) is 0. The molecule has 0 amide bonds. The number of esters is 1. The van der Waals surface area contributed by atoms with Crippen LogP contribution in [0.5, 0.6) is 0 Å². The third kappa shape index (κ3) is 4.82. The van der Waals surface area contributed by atoms with Crippen molar-refractivity contribution in [2.24, 2.45) is 0 Å². The van der Waals surface area contributed by atoms with E-state index in [4.69, 9.17) is 19.0 Å². The van der Waals surface area contributed by atoms with Crippen LogP contribution in [0.25, 0.3) is 0 Å². The Morgan fingerprint density at radius 1 is 1.27 bits per heavy atom. The van der Waals surface area contributed by atoms with Gasteiger partial charge < -0.3 is 14.2 Å².